The second-order valence-corrected chi connectivity index (χ2v) is 4.58. The average Bonchev–Trinajstić information content (AvgIpc) is 2.14. The van der Waals surface area contributed by atoms with E-state index in [1.54, 1.807) is 0 Å². The number of hydrogen-bond donors (Lipinski definition) is 0. The van der Waals surface area contributed by atoms with Gasteiger partial charge in [-0.25, -0.2) is 0 Å². The van der Waals surface area contributed by atoms with E-state index in [0.717, 1.165) is 0 Å². The van der Waals surface area contributed by atoms with Gasteiger partial charge in [0.25, 0.3) is 0 Å². The molecule has 0 aromatic rings. The summed E-state index contributed by atoms with van der Waals surface area (Å²) in [6, 6.07) is 0. The van der Waals surface area contributed by atoms with E-state index in [2.05, 4.69) is 12.7 Å². The predicted molar refractivity (Wildman–Crippen MR) is 37.6 cm³/mol. The van der Waals surface area contributed by atoms with Crippen LogP contribution in [0.1, 0.15) is 19.8 Å². The van der Waals surface area contributed by atoms with Gasteiger partial charge in [-0.3, -0.25) is 0 Å². The molecule has 1 heterocycles. The van der Waals surface area contributed by atoms with Crippen LogP contribution in [-0.4, -0.2) is 18.1 Å². The van der Waals surface area contributed by atoms with Crippen molar-refractivity contribution >= 4 is 13.3 Å². The molecule has 0 saturated carbocycles. The Labute approximate surface area is 46.3 Å². The van der Waals surface area contributed by atoms with Crippen LogP contribution in [0.25, 0.3) is 0 Å². The van der Waals surface area contributed by atoms with Crippen LogP contribution in [0.2, 0.25) is 0 Å². The molecule has 0 spiro atoms. The van der Waals surface area contributed by atoms with E-state index in [0.29, 0.717) is 7.55 Å². The first-order chi connectivity index (χ1) is 3.43. The Hall–Kier alpha value is 0.170. The molecule has 0 fully saturated rings. The van der Waals surface area contributed by atoms with Gasteiger partial charge in [-0.15, -0.1) is 0 Å². The highest BCUT2D eigenvalue weighted by atomic mass is 31.1. The molecule has 40 valence electrons. The van der Waals surface area contributed by atoms with Gasteiger partial charge in [-0.1, -0.05) is 0 Å². The van der Waals surface area contributed by atoms with Crippen LogP contribution >= 0.6 is 7.55 Å². The molecule has 1 atom stereocenters. The second kappa shape index (κ2) is 2.47. The molecule has 0 radical (unpaired) electrons. The van der Waals surface area contributed by atoms with Crippen molar-refractivity contribution in [2.45, 2.75) is 19.8 Å². The van der Waals surface area contributed by atoms with E-state index in [1.807, 2.05) is 0 Å². The lowest BCUT2D eigenvalue weighted by Gasteiger charge is -1.75. The zero-order chi connectivity index (χ0) is 5.11. The van der Waals surface area contributed by atoms with Gasteiger partial charge >= 0.3 is 0 Å². The predicted octanol–water partition coefficient (Wildman–Crippen LogP) is 2.08. The van der Waals surface area contributed by atoms with Gasteiger partial charge in [0.05, 0.1) is 13.3 Å². The van der Waals surface area contributed by atoms with Crippen molar-refractivity contribution < 1.29 is 0 Å². The molecule has 0 aromatic heterocycles. The van der Waals surface area contributed by atoms with E-state index in [1.165, 1.54) is 25.2 Å². The van der Waals surface area contributed by atoms with Gasteiger partial charge in [0.1, 0.15) is 12.3 Å². The van der Waals surface area contributed by atoms with Crippen LogP contribution in [0.4, 0.5) is 0 Å². The number of hydrogen-bond acceptors (Lipinski definition) is 0. The summed E-state index contributed by atoms with van der Waals surface area (Å²) in [5.74, 6) is 2.52. The maximum Gasteiger partial charge on any atom is 0.106 e. The maximum absolute atomic E-state index is 2.52. The topological polar surface area (TPSA) is 0 Å². The van der Waals surface area contributed by atoms with E-state index in [4.69, 9.17) is 0 Å². The third-order valence-electron chi connectivity index (χ3n) is 1.44. The number of rotatable bonds is 1. The zero-order valence-electron chi connectivity index (χ0n) is 4.85. The quantitative estimate of drug-likeness (QED) is 0.459. The van der Waals surface area contributed by atoms with Gasteiger partial charge in [0, 0.05) is 6.42 Å². The molecule has 1 rings (SSSR count). The highest BCUT2D eigenvalue weighted by Crippen LogP contribution is 2.28. The summed E-state index contributed by atoms with van der Waals surface area (Å²) in [7, 11) is 0.432. The molecule has 0 saturated heterocycles. The summed E-state index contributed by atoms with van der Waals surface area (Å²) in [6.45, 7) is 2.30. The van der Waals surface area contributed by atoms with Gasteiger partial charge < -0.3 is 0 Å². The van der Waals surface area contributed by atoms with Crippen LogP contribution in [0.5, 0.6) is 0 Å². The van der Waals surface area contributed by atoms with E-state index < -0.39 is 0 Å². The monoisotopic (exact) mass is 115 g/mol. The van der Waals surface area contributed by atoms with E-state index in [-0.39, 0.29) is 0 Å². The molecule has 0 nitrogen and oxygen atoms in total. The molecule has 1 unspecified atom stereocenters. The summed E-state index contributed by atoms with van der Waals surface area (Å²) in [6.07, 6.45) is 5.82. The van der Waals surface area contributed by atoms with Crippen molar-refractivity contribution in [3.05, 3.63) is 0 Å². The van der Waals surface area contributed by atoms with Crippen molar-refractivity contribution in [3.8, 4) is 0 Å². The Morgan fingerprint density at radius 2 is 2.57 bits per heavy atom. The maximum atomic E-state index is 2.52. The van der Waals surface area contributed by atoms with Crippen molar-refractivity contribution in [2.75, 3.05) is 12.3 Å². The lowest BCUT2D eigenvalue weighted by atomic mass is 10.4. The first-order valence-electron chi connectivity index (χ1n) is 3.01. The van der Waals surface area contributed by atoms with Crippen molar-refractivity contribution in [1.29, 1.82) is 0 Å². The minimum Gasteiger partial charge on any atom is -0.0243 e. The summed E-state index contributed by atoms with van der Waals surface area (Å²) in [5, 5.41) is 0. The normalized spacial score (nSPS) is 25.0. The standard InChI is InChI=1S/C6H12P/c1-2-7-5-3-4-6-7/h5H,2-4,6H2,1H3/q+1. The Kier molecular flexibility index (Phi) is 1.87. The molecule has 1 aliphatic heterocycles. The minimum atomic E-state index is 0.432. The molecule has 0 amide bonds. The fourth-order valence-electron chi connectivity index (χ4n) is 0.947. The van der Waals surface area contributed by atoms with Gasteiger partial charge in [0.2, 0.25) is 0 Å². The summed E-state index contributed by atoms with van der Waals surface area (Å²) in [5.41, 5.74) is 0. The van der Waals surface area contributed by atoms with Crippen LogP contribution in [0, 0.1) is 0 Å². The molecular weight excluding hydrogens is 103 g/mol. The van der Waals surface area contributed by atoms with E-state index in [9.17, 15) is 0 Å². The summed E-state index contributed by atoms with van der Waals surface area (Å²) >= 11 is 0. The zero-order valence-corrected chi connectivity index (χ0v) is 5.75. The molecule has 0 N–H and O–H groups in total. The molecule has 1 aliphatic rings. The van der Waals surface area contributed by atoms with Crippen LogP contribution in [0.3, 0.4) is 0 Å². The van der Waals surface area contributed by atoms with Gasteiger partial charge in [-0.2, -0.15) is 0 Å². The van der Waals surface area contributed by atoms with Gasteiger partial charge in [0.15, 0.2) is 0 Å². The first-order valence-corrected chi connectivity index (χ1v) is 4.79. The molecule has 0 aliphatic carbocycles. The highest BCUT2D eigenvalue weighted by molar-refractivity contribution is 7.57. The lowest BCUT2D eigenvalue weighted by Crippen LogP contribution is -1.68. The molecule has 7 heavy (non-hydrogen) atoms. The molecular formula is C6H12P+. The van der Waals surface area contributed by atoms with Crippen molar-refractivity contribution in [3.63, 3.8) is 0 Å². The molecule has 0 aromatic carbocycles. The average molecular weight is 115 g/mol. The fraction of sp³-hybridized carbons (Fsp3) is 0.833. The van der Waals surface area contributed by atoms with Gasteiger partial charge in [-0.05, 0) is 13.3 Å². The Morgan fingerprint density at radius 1 is 1.71 bits per heavy atom. The minimum absolute atomic E-state index is 0.432. The second-order valence-electron chi connectivity index (χ2n) is 1.95. The highest BCUT2D eigenvalue weighted by Gasteiger charge is 2.10. The third kappa shape index (κ3) is 1.28. The molecule has 0 bridgehead atoms. The largest absolute Gasteiger partial charge is 0.106 e. The van der Waals surface area contributed by atoms with Crippen LogP contribution in [0.15, 0.2) is 0 Å². The summed E-state index contributed by atoms with van der Waals surface area (Å²) in [4.78, 5) is 0. The van der Waals surface area contributed by atoms with Crippen molar-refractivity contribution in [1.82, 2.24) is 0 Å². The fourth-order valence-corrected chi connectivity index (χ4v) is 2.84. The van der Waals surface area contributed by atoms with Crippen LogP contribution < -0.4 is 0 Å². The first kappa shape index (κ1) is 5.31. The Bertz CT molecular complexity index is 84.2. The lowest BCUT2D eigenvalue weighted by molar-refractivity contribution is 1.04. The molecule has 1 heteroatoms. The van der Waals surface area contributed by atoms with Crippen LogP contribution in [-0.2, 0) is 0 Å². The Morgan fingerprint density at radius 3 is 2.86 bits per heavy atom. The third-order valence-corrected chi connectivity index (χ3v) is 3.92. The Balaban J connectivity index is 2.36. The SMILES string of the molecule is CC[P+]1=CCCC1. The smallest absolute Gasteiger partial charge is 0.0243 e. The van der Waals surface area contributed by atoms with E-state index >= 15 is 0 Å². The van der Waals surface area contributed by atoms with Crippen molar-refractivity contribution in [2.24, 2.45) is 0 Å². The summed E-state index contributed by atoms with van der Waals surface area (Å²) < 4.78 is 0.